The average molecular weight is 387 g/mol. The van der Waals surface area contributed by atoms with Gasteiger partial charge in [-0.15, -0.1) is 0 Å². The second-order valence-corrected chi connectivity index (χ2v) is 6.98. The van der Waals surface area contributed by atoms with Crippen molar-refractivity contribution < 1.29 is 14.3 Å². The van der Waals surface area contributed by atoms with Crippen LogP contribution in [0.2, 0.25) is 5.02 Å². The molecule has 1 aliphatic heterocycles. The van der Waals surface area contributed by atoms with E-state index in [0.29, 0.717) is 31.0 Å². The van der Waals surface area contributed by atoms with Crippen molar-refractivity contribution in [3.63, 3.8) is 0 Å². The Hall–Kier alpha value is -2.53. The number of methoxy groups -OCH3 is 1. The molecule has 6 heteroatoms. The van der Waals surface area contributed by atoms with Crippen LogP contribution in [0.15, 0.2) is 42.5 Å². The minimum absolute atomic E-state index is 0.171. The molecule has 1 saturated heterocycles. The van der Waals surface area contributed by atoms with E-state index in [4.69, 9.17) is 16.3 Å². The summed E-state index contributed by atoms with van der Waals surface area (Å²) >= 11 is 6.16. The molecule has 0 spiro atoms. The van der Waals surface area contributed by atoms with Gasteiger partial charge in [0.05, 0.1) is 7.11 Å². The monoisotopic (exact) mass is 386 g/mol. The second-order valence-electron chi connectivity index (χ2n) is 6.57. The van der Waals surface area contributed by atoms with Gasteiger partial charge in [-0.1, -0.05) is 35.9 Å². The van der Waals surface area contributed by atoms with E-state index in [9.17, 15) is 9.59 Å². The van der Waals surface area contributed by atoms with Crippen LogP contribution in [-0.2, 0) is 16.0 Å². The average Bonchev–Trinajstić information content (AvgIpc) is 3.05. The van der Waals surface area contributed by atoms with Crippen LogP contribution in [0.4, 0.5) is 5.69 Å². The first kappa shape index (κ1) is 19.2. The molecule has 1 fully saturated rings. The molecule has 2 aromatic carbocycles. The molecule has 0 aliphatic carbocycles. The molecule has 1 N–H and O–H groups in total. The Balaban J connectivity index is 1.60. The van der Waals surface area contributed by atoms with Crippen LogP contribution in [0.1, 0.15) is 17.5 Å². The third kappa shape index (κ3) is 4.08. The molecule has 27 heavy (non-hydrogen) atoms. The Morgan fingerprint density at radius 2 is 2.04 bits per heavy atom. The van der Waals surface area contributed by atoms with Crippen molar-refractivity contribution in [1.82, 2.24) is 5.32 Å². The van der Waals surface area contributed by atoms with Crippen molar-refractivity contribution in [3.05, 3.63) is 58.6 Å². The number of benzene rings is 2. The zero-order chi connectivity index (χ0) is 19.4. The van der Waals surface area contributed by atoms with Gasteiger partial charge in [0.2, 0.25) is 11.8 Å². The Kier molecular flexibility index (Phi) is 6.01. The molecule has 5 nitrogen and oxygen atoms in total. The number of para-hydroxylation sites is 1. The highest BCUT2D eigenvalue weighted by Gasteiger charge is 2.38. The van der Waals surface area contributed by atoms with Gasteiger partial charge in [-0.2, -0.15) is 0 Å². The number of ether oxygens (including phenoxy) is 1. The summed E-state index contributed by atoms with van der Waals surface area (Å²) in [5, 5.41) is 3.50. The Morgan fingerprint density at radius 1 is 1.26 bits per heavy atom. The number of nitrogens with zero attached hydrogens (tertiary/aromatic N) is 1. The SMILES string of the molecule is COc1ccccc1CCNC(=O)C1CCN(c2cccc(Cl)c2C)C1=O. The summed E-state index contributed by atoms with van der Waals surface area (Å²) in [6, 6.07) is 13.2. The molecule has 1 unspecified atom stereocenters. The zero-order valence-electron chi connectivity index (χ0n) is 15.5. The standard InChI is InChI=1S/C21H23ClN2O3/c1-14-17(22)7-5-8-18(14)24-13-11-16(21(24)26)20(25)23-12-10-15-6-3-4-9-19(15)27-2/h3-9,16H,10-13H2,1-2H3,(H,23,25). The third-order valence-corrected chi connectivity index (χ3v) is 5.35. The molecule has 1 atom stereocenters. The molecule has 2 aromatic rings. The van der Waals surface area contributed by atoms with Crippen molar-refractivity contribution in [3.8, 4) is 5.75 Å². The molecule has 3 rings (SSSR count). The fraction of sp³-hybridized carbons (Fsp3) is 0.333. The molecule has 2 amide bonds. The maximum Gasteiger partial charge on any atom is 0.239 e. The molecule has 1 aliphatic rings. The molecule has 0 aromatic heterocycles. The second kappa shape index (κ2) is 8.44. The van der Waals surface area contributed by atoms with Gasteiger partial charge in [-0.25, -0.2) is 0 Å². The highest BCUT2D eigenvalue weighted by atomic mass is 35.5. The van der Waals surface area contributed by atoms with Gasteiger partial charge >= 0.3 is 0 Å². The molecule has 1 heterocycles. The lowest BCUT2D eigenvalue weighted by atomic mass is 10.1. The minimum atomic E-state index is -0.652. The van der Waals surface area contributed by atoms with Crippen LogP contribution >= 0.6 is 11.6 Å². The molecule has 0 radical (unpaired) electrons. The first-order valence-corrected chi connectivity index (χ1v) is 9.37. The van der Waals surface area contributed by atoms with Gasteiger partial charge in [-0.05, 0) is 49.1 Å². The van der Waals surface area contributed by atoms with E-state index in [2.05, 4.69) is 5.32 Å². The number of rotatable bonds is 6. The Morgan fingerprint density at radius 3 is 2.81 bits per heavy atom. The van der Waals surface area contributed by atoms with Gasteiger partial charge in [0, 0.05) is 23.8 Å². The number of carbonyl (C=O) groups is 2. The predicted molar refractivity (Wildman–Crippen MR) is 106 cm³/mol. The number of amides is 2. The highest BCUT2D eigenvalue weighted by Crippen LogP contribution is 2.31. The van der Waals surface area contributed by atoms with Gasteiger partial charge in [0.15, 0.2) is 0 Å². The molecule has 142 valence electrons. The summed E-state index contributed by atoms with van der Waals surface area (Å²) in [4.78, 5) is 26.9. The smallest absolute Gasteiger partial charge is 0.239 e. The van der Waals surface area contributed by atoms with E-state index >= 15 is 0 Å². The quantitative estimate of drug-likeness (QED) is 0.774. The number of nitrogens with one attached hydrogen (secondary N) is 1. The molecule has 0 saturated carbocycles. The molecule has 0 bridgehead atoms. The third-order valence-electron chi connectivity index (χ3n) is 4.94. The van der Waals surface area contributed by atoms with E-state index < -0.39 is 5.92 Å². The van der Waals surface area contributed by atoms with E-state index in [1.807, 2.05) is 43.3 Å². The largest absolute Gasteiger partial charge is 0.496 e. The van der Waals surface area contributed by atoms with Gasteiger partial charge in [0.25, 0.3) is 0 Å². The molecular formula is C21H23ClN2O3. The van der Waals surface area contributed by atoms with Crippen molar-refractivity contribution in [2.75, 3.05) is 25.1 Å². The topological polar surface area (TPSA) is 58.6 Å². The zero-order valence-corrected chi connectivity index (χ0v) is 16.3. The lowest BCUT2D eigenvalue weighted by Gasteiger charge is -2.19. The Labute approximate surface area is 164 Å². The maximum absolute atomic E-state index is 12.7. The highest BCUT2D eigenvalue weighted by molar-refractivity contribution is 6.31. The van der Waals surface area contributed by atoms with Crippen LogP contribution in [-0.4, -0.2) is 32.0 Å². The first-order valence-electron chi connectivity index (χ1n) is 8.99. The number of carbonyl (C=O) groups excluding carboxylic acids is 2. The lowest BCUT2D eigenvalue weighted by Crippen LogP contribution is -2.37. The summed E-state index contributed by atoms with van der Waals surface area (Å²) in [5.41, 5.74) is 2.65. The normalized spacial score (nSPS) is 16.5. The number of hydrogen-bond donors (Lipinski definition) is 1. The fourth-order valence-electron chi connectivity index (χ4n) is 3.40. The van der Waals surface area contributed by atoms with Crippen molar-refractivity contribution >= 4 is 29.1 Å². The van der Waals surface area contributed by atoms with Gasteiger partial charge in [-0.3, -0.25) is 9.59 Å². The van der Waals surface area contributed by atoms with Crippen LogP contribution < -0.4 is 15.0 Å². The number of anilines is 1. The number of hydrogen-bond acceptors (Lipinski definition) is 3. The van der Waals surface area contributed by atoms with Crippen LogP contribution in [0.3, 0.4) is 0 Å². The summed E-state index contributed by atoms with van der Waals surface area (Å²) in [6.07, 6.45) is 1.15. The van der Waals surface area contributed by atoms with E-state index in [-0.39, 0.29) is 11.8 Å². The fourth-order valence-corrected chi connectivity index (χ4v) is 3.57. The minimum Gasteiger partial charge on any atom is -0.496 e. The van der Waals surface area contributed by atoms with E-state index in [1.54, 1.807) is 18.1 Å². The van der Waals surface area contributed by atoms with E-state index in [1.165, 1.54) is 0 Å². The predicted octanol–water partition coefficient (Wildman–Crippen LogP) is 3.37. The van der Waals surface area contributed by atoms with Gasteiger partial charge < -0.3 is 15.0 Å². The maximum atomic E-state index is 12.7. The van der Waals surface area contributed by atoms with Crippen molar-refractivity contribution in [2.45, 2.75) is 19.8 Å². The lowest BCUT2D eigenvalue weighted by molar-refractivity contribution is -0.132. The summed E-state index contributed by atoms with van der Waals surface area (Å²) in [6.45, 7) is 2.86. The molecular weight excluding hydrogens is 364 g/mol. The first-order chi connectivity index (χ1) is 13.0. The Bertz CT molecular complexity index is 853. The van der Waals surface area contributed by atoms with Gasteiger partial charge in [0.1, 0.15) is 11.7 Å². The van der Waals surface area contributed by atoms with Crippen LogP contribution in [0.5, 0.6) is 5.75 Å². The van der Waals surface area contributed by atoms with Crippen LogP contribution in [0, 0.1) is 12.8 Å². The van der Waals surface area contributed by atoms with E-state index in [0.717, 1.165) is 22.6 Å². The summed E-state index contributed by atoms with van der Waals surface area (Å²) in [7, 11) is 1.63. The number of halogens is 1. The van der Waals surface area contributed by atoms with Crippen molar-refractivity contribution in [1.29, 1.82) is 0 Å². The van der Waals surface area contributed by atoms with Crippen LogP contribution in [0.25, 0.3) is 0 Å². The summed E-state index contributed by atoms with van der Waals surface area (Å²) in [5.74, 6) is -0.250. The summed E-state index contributed by atoms with van der Waals surface area (Å²) < 4.78 is 5.32. The van der Waals surface area contributed by atoms with Crippen molar-refractivity contribution in [2.24, 2.45) is 5.92 Å².